The minimum Gasteiger partial charge on any atom is -0.347 e. The van der Waals surface area contributed by atoms with Crippen molar-refractivity contribution in [1.82, 2.24) is 5.32 Å². The molecule has 0 radical (unpaired) electrons. The quantitative estimate of drug-likeness (QED) is 0.922. The largest absolute Gasteiger partial charge is 0.347 e. The summed E-state index contributed by atoms with van der Waals surface area (Å²) in [5.74, 6) is -0.303. The summed E-state index contributed by atoms with van der Waals surface area (Å²) in [6.45, 7) is 0.427. The number of hydrogen-bond donors (Lipinski definition) is 1. The van der Waals surface area contributed by atoms with Gasteiger partial charge in [-0.3, -0.25) is 9.59 Å². The van der Waals surface area contributed by atoms with Crippen molar-refractivity contribution in [2.45, 2.75) is 12.5 Å². The molecule has 118 valence electrons. The van der Waals surface area contributed by atoms with Crippen LogP contribution in [0.5, 0.6) is 0 Å². The first-order valence-corrected chi connectivity index (χ1v) is 7.91. The van der Waals surface area contributed by atoms with Crippen molar-refractivity contribution in [3.8, 4) is 0 Å². The van der Waals surface area contributed by atoms with Crippen LogP contribution < -0.4 is 10.2 Å². The predicted octanol–water partition coefficient (Wildman–Crippen LogP) is 3.53. The van der Waals surface area contributed by atoms with Gasteiger partial charge >= 0.3 is 0 Å². The number of anilines is 1. The normalized spacial score (nSPS) is 17.4. The number of nitrogens with zero attached hydrogens (tertiary/aromatic N) is 1. The molecule has 1 atom stereocenters. The lowest BCUT2D eigenvalue weighted by Gasteiger charge is -2.17. The first-order valence-electron chi connectivity index (χ1n) is 7.16. The molecule has 1 heterocycles. The number of amides is 2. The van der Waals surface area contributed by atoms with E-state index in [-0.39, 0.29) is 24.3 Å². The van der Waals surface area contributed by atoms with Crippen LogP contribution in [0.2, 0.25) is 10.0 Å². The second kappa shape index (κ2) is 6.60. The summed E-state index contributed by atoms with van der Waals surface area (Å²) in [6, 6.07) is 13.6. The molecule has 1 aliphatic rings. The number of nitrogens with one attached hydrogen (secondary N) is 1. The smallest absolute Gasteiger partial charge is 0.253 e. The average molecular weight is 349 g/mol. The van der Waals surface area contributed by atoms with E-state index in [1.165, 1.54) is 0 Å². The van der Waals surface area contributed by atoms with Crippen LogP contribution in [0.3, 0.4) is 0 Å². The van der Waals surface area contributed by atoms with Gasteiger partial charge in [-0.2, -0.15) is 0 Å². The van der Waals surface area contributed by atoms with Crippen LogP contribution in [0.4, 0.5) is 5.69 Å². The van der Waals surface area contributed by atoms with Crippen molar-refractivity contribution < 1.29 is 9.59 Å². The molecule has 2 aromatic rings. The van der Waals surface area contributed by atoms with Crippen LogP contribution in [-0.4, -0.2) is 24.4 Å². The second-order valence-corrected chi connectivity index (χ2v) is 6.18. The zero-order valence-electron chi connectivity index (χ0n) is 12.1. The lowest BCUT2D eigenvalue weighted by molar-refractivity contribution is -0.117. The molecule has 1 saturated heterocycles. The van der Waals surface area contributed by atoms with Crippen LogP contribution in [0.25, 0.3) is 0 Å². The Kier molecular flexibility index (Phi) is 4.55. The lowest BCUT2D eigenvalue weighted by Crippen LogP contribution is -2.37. The van der Waals surface area contributed by atoms with Gasteiger partial charge in [0.05, 0.1) is 16.6 Å². The molecule has 0 saturated carbocycles. The van der Waals surface area contributed by atoms with E-state index in [1.807, 2.05) is 0 Å². The van der Waals surface area contributed by atoms with E-state index >= 15 is 0 Å². The summed E-state index contributed by atoms with van der Waals surface area (Å²) in [5, 5.41) is 3.87. The summed E-state index contributed by atoms with van der Waals surface area (Å²) in [4.78, 5) is 26.1. The highest BCUT2D eigenvalue weighted by atomic mass is 35.5. The maximum absolute atomic E-state index is 12.3. The molecule has 0 bridgehead atoms. The zero-order valence-corrected chi connectivity index (χ0v) is 13.6. The zero-order chi connectivity index (χ0) is 16.4. The molecule has 1 N–H and O–H groups in total. The number of hydrogen-bond acceptors (Lipinski definition) is 2. The molecule has 6 heteroatoms. The van der Waals surface area contributed by atoms with Crippen molar-refractivity contribution in [3.63, 3.8) is 0 Å². The minimum absolute atomic E-state index is 0.0308. The maximum Gasteiger partial charge on any atom is 0.253 e. The fraction of sp³-hybridized carbons (Fsp3) is 0.176. The SMILES string of the molecule is O=C(N[C@H]1CC(=O)N(c2ccc(Cl)cc2)C1)c1ccccc1Cl. The highest BCUT2D eigenvalue weighted by Crippen LogP contribution is 2.24. The summed E-state index contributed by atoms with van der Waals surface area (Å²) in [7, 11) is 0. The van der Waals surface area contributed by atoms with Crippen molar-refractivity contribution in [1.29, 1.82) is 0 Å². The highest BCUT2D eigenvalue weighted by molar-refractivity contribution is 6.33. The summed E-state index contributed by atoms with van der Waals surface area (Å²) < 4.78 is 0. The van der Waals surface area contributed by atoms with Crippen molar-refractivity contribution in [3.05, 3.63) is 64.1 Å². The number of benzene rings is 2. The fourth-order valence-electron chi connectivity index (χ4n) is 2.58. The van der Waals surface area contributed by atoms with Gasteiger partial charge in [-0.15, -0.1) is 0 Å². The summed E-state index contributed by atoms with van der Waals surface area (Å²) in [5.41, 5.74) is 1.18. The van der Waals surface area contributed by atoms with Crippen LogP contribution in [0, 0.1) is 0 Å². The van der Waals surface area contributed by atoms with Crippen LogP contribution >= 0.6 is 23.2 Å². The monoisotopic (exact) mass is 348 g/mol. The maximum atomic E-state index is 12.3. The second-order valence-electron chi connectivity index (χ2n) is 5.34. The molecule has 2 amide bonds. The standard InChI is InChI=1S/C17H14Cl2N2O2/c18-11-5-7-13(8-6-11)21-10-12(9-16(21)22)20-17(23)14-3-1-2-4-15(14)19/h1-8,12H,9-10H2,(H,20,23)/t12-/m0/s1. The molecule has 0 aliphatic carbocycles. The minimum atomic E-state index is -0.272. The van der Waals surface area contributed by atoms with Gasteiger partial charge in [-0.25, -0.2) is 0 Å². The van der Waals surface area contributed by atoms with Gasteiger partial charge in [0.2, 0.25) is 5.91 Å². The third kappa shape index (κ3) is 3.49. The van der Waals surface area contributed by atoms with Gasteiger partial charge < -0.3 is 10.2 Å². The number of halogens is 2. The molecule has 3 rings (SSSR count). The van der Waals surface area contributed by atoms with E-state index in [2.05, 4.69) is 5.32 Å². The van der Waals surface area contributed by atoms with Crippen molar-refractivity contribution >= 4 is 40.7 Å². The molecule has 0 aromatic heterocycles. The number of rotatable bonds is 3. The van der Waals surface area contributed by atoms with E-state index in [0.717, 1.165) is 5.69 Å². The Morgan fingerprint density at radius 2 is 1.78 bits per heavy atom. The van der Waals surface area contributed by atoms with Gasteiger partial charge in [0.25, 0.3) is 5.91 Å². The molecule has 0 unspecified atom stereocenters. The predicted molar refractivity (Wildman–Crippen MR) is 91.1 cm³/mol. The van der Waals surface area contributed by atoms with E-state index in [0.29, 0.717) is 22.2 Å². The Morgan fingerprint density at radius 3 is 2.48 bits per heavy atom. The molecule has 0 spiro atoms. The Morgan fingerprint density at radius 1 is 1.09 bits per heavy atom. The van der Waals surface area contributed by atoms with Gasteiger partial charge in [0.1, 0.15) is 0 Å². The van der Waals surface area contributed by atoms with Gasteiger partial charge in [-0.1, -0.05) is 35.3 Å². The summed E-state index contributed by atoms with van der Waals surface area (Å²) in [6.07, 6.45) is 0.263. The molecule has 1 aliphatic heterocycles. The highest BCUT2D eigenvalue weighted by Gasteiger charge is 2.31. The van der Waals surface area contributed by atoms with E-state index in [1.54, 1.807) is 53.4 Å². The van der Waals surface area contributed by atoms with Gasteiger partial charge in [-0.05, 0) is 36.4 Å². The molecule has 4 nitrogen and oxygen atoms in total. The molecular weight excluding hydrogens is 335 g/mol. The van der Waals surface area contributed by atoms with Gasteiger partial charge in [0, 0.05) is 23.7 Å². The number of carbonyl (C=O) groups excluding carboxylic acids is 2. The van der Waals surface area contributed by atoms with Crippen molar-refractivity contribution in [2.75, 3.05) is 11.4 Å². The van der Waals surface area contributed by atoms with E-state index < -0.39 is 0 Å². The Balaban J connectivity index is 1.69. The van der Waals surface area contributed by atoms with Crippen LogP contribution in [-0.2, 0) is 4.79 Å². The molecule has 23 heavy (non-hydrogen) atoms. The Labute approximate surface area is 144 Å². The first-order chi connectivity index (χ1) is 11.0. The Bertz CT molecular complexity index is 747. The molecular formula is C17H14Cl2N2O2. The van der Waals surface area contributed by atoms with E-state index in [9.17, 15) is 9.59 Å². The van der Waals surface area contributed by atoms with Crippen LogP contribution in [0.15, 0.2) is 48.5 Å². The fourth-order valence-corrected chi connectivity index (χ4v) is 2.93. The first kappa shape index (κ1) is 15.8. The molecule has 1 fully saturated rings. The van der Waals surface area contributed by atoms with Crippen molar-refractivity contribution in [2.24, 2.45) is 0 Å². The van der Waals surface area contributed by atoms with Crippen LogP contribution in [0.1, 0.15) is 16.8 Å². The van der Waals surface area contributed by atoms with Gasteiger partial charge in [0.15, 0.2) is 0 Å². The number of carbonyl (C=O) groups is 2. The third-order valence-corrected chi connectivity index (χ3v) is 4.30. The van der Waals surface area contributed by atoms with E-state index in [4.69, 9.17) is 23.2 Å². The Hall–Kier alpha value is -2.04. The average Bonchev–Trinajstić information content (AvgIpc) is 2.89. The molecule has 2 aromatic carbocycles. The lowest BCUT2D eigenvalue weighted by atomic mass is 10.2. The third-order valence-electron chi connectivity index (χ3n) is 3.72. The topological polar surface area (TPSA) is 49.4 Å². The summed E-state index contributed by atoms with van der Waals surface area (Å²) >= 11 is 11.9.